The molecule has 27 heavy (non-hydrogen) atoms. The van der Waals surface area contributed by atoms with Crippen LogP contribution < -0.4 is 5.32 Å². The molecule has 0 spiro atoms. The third-order valence-electron chi connectivity index (χ3n) is 5.72. The van der Waals surface area contributed by atoms with Gasteiger partial charge in [-0.3, -0.25) is 4.79 Å². The standard InChI is InChI=1S/C24H21NOS/c1-27-17-12-9-16(10-13-17)24-23-19(7-4-8-21(23)26)22-18-6-3-2-5-15(18)11-14-20(22)25-24/h2-3,5-6,9-14,24-25H,4,7-8H2,1H3/t24-/m1/s1. The van der Waals surface area contributed by atoms with Crippen molar-refractivity contribution >= 4 is 39.6 Å². The van der Waals surface area contributed by atoms with Crippen LogP contribution in [0.1, 0.15) is 36.4 Å². The van der Waals surface area contributed by atoms with Crippen molar-refractivity contribution in [2.75, 3.05) is 11.6 Å². The minimum Gasteiger partial charge on any atom is -0.373 e. The zero-order valence-electron chi connectivity index (χ0n) is 15.3. The van der Waals surface area contributed by atoms with Gasteiger partial charge in [0, 0.05) is 28.1 Å². The molecule has 0 unspecified atom stereocenters. The Bertz CT molecular complexity index is 1080. The Labute approximate surface area is 163 Å². The molecule has 1 aliphatic heterocycles. The Balaban J connectivity index is 1.73. The van der Waals surface area contributed by atoms with Crippen molar-refractivity contribution < 1.29 is 4.79 Å². The molecule has 0 amide bonds. The number of anilines is 1. The second-order valence-electron chi connectivity index (χ2n) is 7.23. The van der Waals surface area contributed by atoms with Crippen LogP contribution in [0.4, 0.5) is 5.69 Å². The highest BCUT2D eigenvalue weighted by molar-refractivity contribution is 7.98. The van der Waals surface area contributed by atoms with Crippen LogP contribution in [0, 0.1) is 0 Å². The summed E-state index contributed by atoms with van der Waals surface area (Å²) >= 11 is 1.74. The van der Waals surface area contributed by atoms with Gasteiger partial charge in [0.05, 0.1) is 6.04 Å². The SMILES string of the molecule is CSc1ccc([C@H]2Nc3ccc4ccccc4c3C3=C2C(=O)CCC3)cc1. The maximum atomic E-state index is 13.0. The van der Waals surface area contributed by atoms with Crippen LogP contribution in [0.2, 0.25) is 0 Å². The van der Waals surface area contributed by atoms with Crippen molar-refractivity contribution in [3.05, 3.63) is 77.4 Å². The Morgan fingerprint density at radius 1 is 0.963 bits per heavy atom. The zero-order chi connectivity index (χ0) is 18.4. The molecule has 0 radical (unpaired) electrons. The molecule has 0 saturated heterocycles. The van der Waals surface area contributed by atoms with Crippen molar-refractivity contribution in [2.24, 2.45) is 0 Å². The van der Waals surface area contributed by atoms with E-state index in [-0.39, 0.29) is 6.04 Å². The van der Waals surface area contributed by atoms with Crippen molar-refractivity contribution in [2.45, 2.75) is 30.2 Å². The minimum atomic E-state index is -0.0580. The fourth-order valence-corrected chi connectivity index (χ4v) is 4.86. The first-order valence-corrected chi connectivity index (χ1v) is 10.7. The molecule has 3 aromatic carbocycles. The van der Waals surface area contributed by atoms with E-state index in [1.54, 1.807) is 11.8 Å². The van der Waals surface area contributed by atoms with E-state index in [0.29, 0.717) is 12.2 Å². The lowest BCUT2D eigenvalue weighted by atomic mass is 9.77. The Hall–Kier alpha value is -2.52. The van der Waals surface area contributed by atoms with Crippen LogP contribution in [-0.4, -0.2) is 12.0 Å². The van der Waals surface area contributed by atoms with Crippen LogP contribution in [0.3, 0.4) is 0 Å². The predicted octanol–water partition coefficient (Wildman–Crippen LogP) is 6.24. The second kappa shape index (κ2) is 6.58. The molecule has 3 heteroatoms. The van der Waals surface area contributed by atoms with Crippen LogP contribution in [0.25, 0.3) is 16.3 Å². The first kappa shape index (κ1) is 16.6. The monoisotopic (exact) mass is 371 g/mol. The maximum Gasteiger partial charge on any atom is 0.161 e. The molecule has 3 aromatic rings. The average Bonchev–Trinajstić information content (AvgIpc) is 2.73. The van der Waals surface area contributed by atoms with E-state index in [0.717, 1.165) is 29.7 Å². The summed E-state index contributed by atoms with van der Waals surface area (Å²) in [4.78, 5) is 14.2. The number of allylic oxidation sites excluding steroid dienone is 1. The smallest absolute Gasteiger partial charge is 0.161 e. The summed E-state index contributed by atoms with van der Waals surface area (Å²) in [5, 5.41) is 6.15. The lowest BCUT2D eigenvalue weighted by Gasteiger charge is -2.35. The van der Waals surface area contributed by atoms with Crippen LogP contribution >= 0.6 is 11.8 Å². The highest BCUT2D eigenvalue weighted by Crippen LogP contribution is 2.47. The molecule has 0 saturated carbocycles. The number of Topliss-reactive ketones (excluding diaryl/α,β-unsaturated/α-hetero) is 1. The number of rotatable bonds is 2. The van der Waals surface area contributed by atoms with Gasteiger partial charge in [-0.25, -0.2) is 0 Å². The summed E-state index contributed by atoms with van der Waals surface area (Å²) in [5.74, 6) is 0.293. The van der Waals surface area contributed by atoms with E-state index < -0.39 is 0 Å². The van der Waals surface area contributed by atoms with E-state index >= 15 is 0 Å². The largest absolute Gasteiger partial charge is 0.373 e. The van der Waals surface area contributed by atoms with Crippen molar-refractivity contribution in [1.29, 1.82) is 0 Å². The number of hydrogen-bond donors (Lipinski definition) is 1. The molecule has 1 aliphatic carbocycles. The van der Waals surface area contributed by atoms with Gasteiger partial charge in [0.25, 0.3) is 0 Å². The number of carbonyl (C=O) groups excluding carboxylic acids is 1. The molecule has 0 aromatic heterocycles. The van der Waals surface area contributed by atoms with E-state index in [1.807, 2.05) is 0 Å². The molecule has 134 valence electrons. The molecule has 0 bridgehead atoms. The van der Waals surface area contributed by atoms with Gasteiger partial charge in [-0.1, -0.05) is 42.5 Å². The normalized spacial score (nSPS) is 18.9. The van der Waals surface area contributed by atoms with Gasteiger partial charge in [0.2, 0.25) is 0 Å². The fourth-order valence-electron chi connectivity index (χ4n) is 4.45. The second-order valence-corrected chi connectivity index (χ2v) is 8.11. The number of carbonyl (C=O) groups is 1. The summed E-state index contributed by atoms with van der Waals surface area (Å²) in [6, 6.07) is 21.4. The van der Waals surface area contributed by atoms with Crippen molar-refractivity contribution in [1.82, 2.24) is 0 Å². The number of fused-ring (bicyclic) bond motifs is 4. The zero-order valence-corrected chi connectivity index (χ0v) is 16.1. The van der Waals surface area contributed by atoms with Gasteiger partial charge < -0.3 is 5.32 Å². The molecule has 5 rings (SSSR count). The first-order chi connectivity index (χ1) is 13.3. The Morgan fingerprint density at radius 3 is 2.59 bits per heavy atom. The molecule has 0 fully saturated rings. The van der Waals surface area contributed by atoms with E-state index in [9.17, 15) is 4.79 Å². The lowest BCUT2D eigenvalue weighted by Crippen LogP contribution is -2.27. The Kier molecular flexibility index (Phi) is 4.05. The summed E-state index contributed by atoms with van der Waals surface area (Å²) < 4.78 is 0. The van der Waals surface area contributed by atoms with Crippen molar-refractivity contribution in [3.63, 3.8) is 0 Å². The third-order valence-corrected chi connectivity index (χ3v) is 6.47. The number of thioether (sulfide) groups is 1. The van der Waals surface area contributed by atoms with Gasteiger partial charge in [-0.15, -0.1) is 11.8 Å². The molecular weight excluding hydrogens is 350 g/mol. The number of ketones is 1. The summed E-state index contributed by atoms with van der Waals surface area (Å²) in [7, 11) is 0. The molecule has 1 heterocycles. The van der Waals surface area contributed by atoms with Crippen LogP contribution in [0.5, 0.6) is 0 Å². The van der Waals surface area contributed by atoms with Gasteiger partial charge in [-0.05, 0) is 59.2 Å². The molecule has 1 N–H and O–H groups in total. The number of nitrogens with one attached hydrogen (secondary N) is 1. The molecule has 1 atom stereocenters. The van der Waals surface area contributed by atoms with E-state index in [1.165, 1.54) is 26.8 Å². The van der Waals surface area contributed by atoms with E-state index in [4.69, 9.17) is 0 Å². The van der Waals surface area contributed by atoms with Crippen molar-refractivity contribution in [3.8, 4) is 0 Å². The maximum absolute atomic E-state index is 13.0. The van der Waals surface area contributed by atoms with Gasteiger partial charge in [0.15, 0.2) is 5.78 Å². The molecular formula is C24H21NOS. The average molecular weight is 372 g/mol. The quantitative estimate of drug-likeness (QED) is 0.541. The van der Waals surface area contributed by atoms with Crippen LogP contribution in [-0.2, 0) is 4.79 Å². The van der Waals surface area contributed by atoms with Crippen LogP contribution in [0.15, 0.2) is 71.1 Å². The highest BCUT2D eigenvalue weighted by Gasteiger charge is 2.34. The lowest BCUT2D eigenvalue weighted by molar-refractivity contribution is -0.116. The minimum absolute atomic E-state index is 0.0580. The topological polar surface area (TPSA) is 29.1 Å². The fraction of sp³-hybridized carbons (Fsp3) is 0.208. The summed E-state index contributed by atoms with van der Waals surface area (Å²) in [6.45, 7) is 0. The van der Waals surface area contributed by atoms with Gasteiger partial charge >= 0.3 is 0 Å². The van der Waals surface area contributed by atoms with E-state index in [2.05, 4.69) is 72.2 Å². The van der Waals surface area contributed by atoms with Gasteiger partial charge in [0.1, 0.15) is 0 Å². The molecule has 2 nitrogen and oxygen atoms in total. The Morgan fingerprint density at radius 2 is 1.78 bits per heavy atom. The summed E-state index contributed by atoms with van der Waals surface area (Å²) in [5.41, 5.74) is 5.75. The van der Waals surface area contributed by atoms with Gasteiger partial charge in [-0.2, -0.15) is 0 Å². The summed E-state index contributed by atoms with van der Waals surface area (Å²) in [6.07, 6.45) is 4.65. The first-order valence-electron chi connectivity index (χ1n) is 9.45. The third kappa shape index (κ3) is 2.69. The predicted molar refractivity (Wildman–Crippen MR) is 114 cm³/mol. The number of hydrogen-bond acceptors (Lipinski definition) is 3. The number of benzene rings is 3. The highest BCUT2D eigenvalue weighted by atomic mass is 32.2. The molecule has 2 aliphatic rings.